The van der Waals surface area contributed by atoms with E-state index in [1.165, 1.54) is 0 Å². The molecule has 0 spiro atoms. The minimum absolute atomic E-state index is 0.0942. The van der Waals surface area contributed by atoms with Gasteiger partial charge in [-0.2, -0.15) is 0 Å². The average Bonchev–Trinajstić information content (AvgIpc) is 2.34. The molecule has 1 aromatic rings. The zero-order valence-corrected chi connectivity index (χ0v) is 13.3. The van der Waals surface area contributed by atoms with Gasteiger partial charge in [0.2, 0.25) is 0 Å². The van der Waals surface area contributed by atoms with Crippen LogP contribution in [0.3, 0.4) is 0 Å². The molecule has 0 aliphatic carbocycles. The molecule has 2 unspecified atom stereocenters. The number of hydrogen-bond donors (Lipinski definition) is 2. The Kier molecular flexibility index (Phi) is 7.16. The van der Waals surface area contributed by atoms with E-state index in [0.29, 0.717) is 16.0 Å². The number of aliphatic hydroxyl groups is 1. The Bertz CT molecular complexity index is 396. The lowest BCUT2D eigenvalue weighted by molar-refractivity contribution is 0.212. The summed E-state index contributed by atoms with van der Waals surface area (Å²) in [6, 6.07) is 5.80. The molecule has 1 rings (SSSR count). The van der Waals surface area contributed by atoms with Gasteiger partial charge in [0.25, 0.3) is 0 Å². The molecule has 0 amide bonds. The van der Waals surface area contributed by atoms with Gasteiger partial charge >= 0.3 is 0 Å². The lowest BCUT2D eigenvalue weighted by Gasteiger charge is -2.26. The van der Waals surface area contributed by atoms with Gasteiger partial charge in [0.1, 0.15) is 0 Å². The molecule has 19 heavy (non-hydrogen) atoms. The molecule has 0 fully saturated rings. The second kappa shape index (κ2) is 8.11. The lowest BCUT2D eigenvalue weighted by Crippen LogP contribution is -2.36. The van der Waals surface area contributed by atoms with Crippen molar-refractivity contribution >= 4 is 23.2 Å². The van der Waals surface area contributed by atoms with Crippen LogP contribution in [0.4, 0.5) is 0 Å². The Morgan fingerprint density at radius 2 is 1.95 bits per heavy atom. The van der Waals surface area contributed by atoms with Crippen molar-refractivity contribution in [3.63, 3.8) is 0 Å². The normalized spacial score (nSPS) is 14.7. The summed E-state index contributed by atoms with van der Waals surface area (Å²) in [5.74, 6) is 0.544. The summed E-state index contributed by atoms with van der Waals surface area (Å²) in [6.07, 6.45) is 1.86. The summed E-state index contributed by atoms with van der Waals surface area (Å²) in [6.45, 7) is 6.55. The molecule has 4 heteroatoms. The average molecular weight is 304 g/mol. The fourth-order valence-corrected chi connectivity index (χ4v) is 2.80. The van der Waals surface area contributed by atoms with Gasteiger partial charge in [-0.1, -0.05) is 50.0 Å². The summed E-state index contributed by atoms with van der Waals surface area (Å²) in [5.41, 5.74) is 1.04. The number of benzene rings is 1. The lowest BCUT2D eigenvalue weighted by atomic mass is 9.99. The number of hydrogen-bond acceptors (Lipinski definition) is 2. The summed E-state index contributed by atoms with van der Waals surface area (Å²) in [5, 5.41) is 14.3. The number of aliphatic hydroxyl groups excluding tert-OH is 1. The fraction of sp³-hybridized carbons (Fsp3) is 0.600. The molecule has 0 saturated carbocycles. The van der Waals surface area contributed by atoms with E-state index < -0.39 is 0 Å². The molecule has 0 aliphatic rings. The van der Waals surface area contributed by atoms with Crippen LogP contribution in [0.5, 0.6) is 0 Å². The Morgan fingerprint density at radius 1 is 1.26 bits per heavy atom. The number of halogens is 2. The van der Waals surface area contributed by atoms with Crippen LogP contribution in [0, 0.1) is 5.92 Å². The Balaban J connectivity index is 2.81. The van der Waals surface area contributed by atoms with Crippen molar-refractivity contribution in [2.24, 2.45) is 5.92 Å². The van der Waals surface area contributed by atoms with Crippen LogP contribution >= 0.6 is 23.2 Å². The topological polar surface area (TPSA) is 32.3 Å². The zero-order chi connectivity index (χ0) is 14.4. The highest BCUT2D eigenvalue weighted by Crippen LogP contribution is 2.28. The van der Waals surface area contributed by atoms with Crippen molar-refractivity contribution in [1.29, 1.82) is 0 Å². The van der Waals surface area contributed by atoms with E-state index in [9.17, 15) is 5.11 Å². The van der Waals surface area contributed by atoms with Gasteiger partial charge < -0.3 is 10.4 Å². The third-order valence-electron chi connectivity index (χ3n) is 3.16. The van der Waals surface area contributed by atoms with Crippen molar-refractivity contribution in [3.05, 3.63) is 33.8 Å². The van der Waals surface area contributed by atoms with Gasteiger partial charge in [-0.05, 0) is 36.5 Å². The van der Waals surface area contributed by atoms with E-state index in [4.69, 9.17) is 23.2 Å². The molecular formula is C15H23Cl2NO. The monoisotopic (exact) mass is 303 g/mol. The highest BCUT2D eigenvalue weighted by atomic mass is 35.5. The van der Waals surface area contributed by atoms with Crippen LogP contribution in [-0.2, 0) is 0 Å². The second-order valence-corrected chi connectivity index (χ2v) is 6.15. The second-order valence-electron chi connectivity index (χ2n) is 5.30. The maximum absolute atomic E-state index is 9.46. The summed E-state index contributed by atoms with van der Waals surface area (Å²) in [7, 11) is 0. The Morgan fingerprint density at radius 3 is 2.42 bits per heavy atom. The molecule has 2 N–H and O–H groups in total. The predicted molar refractivity (Wildman–Crippen MR) is 83.0 cm³/mol. The molecule has 0 aliphatic heterocycles. The van der Waals surface area contributed by atoms with Crippen LogP contribution < -0.4 is 5.32 Å². The molecule has 108 valence electrons. The van der Waals surface area contributed by atoms with Crippen LogP contribution in [0.15, 0.2) is 18.2 Å². The highest BCUT2D eigenvalue weighted by Gasteiger charge is 2.18. The van der Waals surface area contributed by atoms with E-state index in [-0.39, 0.29) is 18.7 Å². The van der Waals surface area contributed by atoms with Gasteiger partial charge in [-0.3, -0.25) is 0 Å². The first-order chi connectivity index (χ1) is 8.97. The molecule has 0 heterocycles. The quantitative estimate of drug-likeness (QED) is 0.780. The number of nitrogens with one attached hydrogen (secondary N) is 1. The standard InChI is InChI=1S/C15H23Cl2NO/c1-4-15(18-12(9-19)7-10(2)3)13-6-5-11(16)8-14(13)17/h5-6,8,10,12,15,18-19H,4,7,9H2,1-3H3. The van der Waals surface area contributed by atoms with E-state index in [0.717, 1.165) is 18.4 Å². The van der Waals surface area contributed by atoms with E-state index >= 15 is 0 Å². The van der Waals surface area contributed by atoms with Gasteiger partial charge in [0.05, 0.1) is 6.61 Å². The SMILES string of the molecule is CCC(NC(CO)CC(C)C)c1ccc(Cl)cc1Cl. The fourth-order valence-electron chi connectivity index (χ4n) is 2.26. The van der Waals surface area contributed by atoms with Crippen LogP contribution in [0.1, 0.15) is 45.2 Å². The molecule has 2 atom stereocenters. The van der Waals surface area contributed by atoms with Crippen LogP contribution in [0.2, 0.25) is 10.0 Å². The van der Waals surface area contributed by atoms with Gasteiger partial charge in [0.15, 0.2) is 0 Å². The molecule has 0 aromatic heterocycles. The summed E-state index contributed by atoms with van der Waals surface area (Å²) in [4.78, 5) is 0. The maximum atomic E-state index is 9.46. The molecule has 0 radical (unpaired) electrons. The predicted octanol–water partition coefficient (Wildman–Crippen LogP) is 4.44. The maximum Gasteiger partial charge on any atom is 0.0584 e. The first kappa shape index (κ1) is 16.8. The van der Waals surface area contributed by atoms with Gasteiger partial charge in [-0.25, -0.2) is 0 Å². The Labute approximate surface area is 126 Å². The van der Waals surface area contributed by atoms with Crippen molar-refractivity contribution in [2.75, 3.05) is 6.61 Å². The minimum Gasteiger partial charge on any atom is -0.395 e. The summed E-state index contributed by atoms with van der Waals surface area (Å²) < 4.78 is 0. The highest BCUT2D eigenvalue weighted by molar-refractivity contribution is 6.35. The van der Waals surface area contributed by atoms with Crippen LogP contribution in [-0.4, -0.2) is 17.8 Å². The largest absolute Gasteiger partial charge is 0.395 e. The number of rotatable bonds is 7. The first-order valence-corrected chi connectivity index (χ1v) is 7.55. The van der Waals surface area contributed by atoms with Crippen molar-refractivity contribution in [3.8, 4) is 0 Å². The molecule has 0 bridgehead atoms. The molecule has 2 nitrogen and oxygen atoms in total. The minimum atomic E-state index is 0.0942. The molecular weight excluding hydrogens is 281 g/mol. The van der Waals surface area contributed by atoms with Gasteiger partial charge in [-0.15, -0.1) is 0 Å². The van der Waals surface area contributed by atoms with Crippen molar-refractivity contribution < 1.29 is 5.11 Å². The van der Waals surface area contributed by atoms with Gasteiger partial charge in [0, 0.05) is 22.1 Å². The molecule has 0 saturated heterocycles. The van der Waals surface area contributed by atoms with Crippen molar-refractivity contribution in [1.82, 2.24) is 5.32 Å². The van der Waals surface area contributed by atoms with Crippen molar-refractivity contribution in [2.45, 2.75) is 45.7 Å². The third kappa shape index (κ3) is 5.31. The third-order valence-corrected chi connectivity index (χ3v) is 3.72. The summed E-state index contributed by atoms with van der Waals surface area (Å²) >= 11 is 12.2. The zero-order valence-electron chi connectivity index (χ0n) is 11.8. The molecule has 1 aromatic carbocycles. The van der Waals surface area contributed by atoms with Crippen LogP contribution in [0.25, 0.3) is 0 Å². The Hall–Kier alpha value is -0.280. The van der Waals surface area contributed by atoms with E-state index in [2.05, 4.69) is 26.1 Å². The first-order valence-electron chi connectivity index (χ1n) is 6.79. The van der Waals surface area contributed by atoms with E-state index in [1.807, 2.05) is 12.1 Å². The smallest absolute Gasteiger partial charge is 0.0584 e. The van der Waals surface area contributed by atoms with E-state index in [1.54, 1.807) is 6.07 Å².